The fraction of sp³-hybridized carbons (Fsp3) is 0.464. The number of para-hydroxylation sites is 1. The molecule has 1 aromatic heterocycles. The number of hydrogen-bond acceptors (Lipinski definition) is 0. The largest absolute Gasteiger partial charge is 0.243 e. The molecule has 0 aliphatic carbocycles. The van der Waals surface area contributed by atoms with Crippen LogP contribution in [0.1, 0.15) is 89.9 Å². The summed E-state index contributed by atoms with van der Waals surface area (Å²) >= 11 is 0. The molecule has 2 nitrogen and oxygen atoms in total. The highest BCUT2D eigenvalue weighted by atomic mass is 15.4. The van der Waals surface area contributed by atoms with Gasteiger partial charge in [-0.3, -0.25) is 0 Å². The van der Waals surface area contributed by atoms with E-state index in [0.29, 0.717) is 12.0 Å². The van der Waals surface area contributed by atoms with Gasteiger partial charge in [-0.1, -0.05) is 80.9 Å². The minimum atomic E-state index is -0.0360. The van der Waals surface area contributed by atoms with Gasteiger partial charge < -0.3 is 0 Å². The van der Waals surface area contributed by atoms with Gasteiger partial charge in [-0.2, -0.15) is 0 Å². The standard InChI is InChI=1S/C28H37N2/c1-18(2)22-16-13-17-23-25(22)30-26(28(8,9)27(23,6)7)24(20(5)29(30)19(3)4)21-14-11-10-12-15-21/h10-19H,1-9H3/q+1. The number of hydrogen-bond donors (Lipinski definition) is 0. The molecule has 2 heterocycles. The Balaban J connectivity index is 2.26. The molecule has 30 heavy (non-hydrogen) atoms. The van der Waals surface area contributed by atoms with Crippen LogP contribution in [0, 0.1) is 6.92 Å². The van der Waals surface area contributed by atoms with Crippen LogP contribution in [0.2, 0.25) is 0 Å². The number of rotatable bonds is 3. The molecule has 0 spiro atoms. The molecule has 0 bridgehead atoms. The summed E-state index contributed by atoms with van der Waals surface area (Å²) in [5.41, 5.74) is 9.74. The first kappa shape index (κ1) is 20.9. The first-order valence-corrected chi connectivity index (χ1v) is 11.4. The van der Waals surface area contributed by atoms with E-state index in [4.69, 9.17) is 0 Å². The molecule has 0 atom stereocenters. The fourth-order valence-electron chi connectivity index (χ4n) is 5.42. The van der Waals surface area contributed by atoms with Crippen LogP contribution < -0.4 is 4.68 Å². The van der Waals surface area contributed by atoms with Gasteiger partial charge in [0, 0.05) is 16.5 Å². The zero-order valence-electron chi connectivity index (χ0n) is 20.2. The van der Waals surface area contributed by atoms with E-state index >= 15 is 0 Å². The highest BCUT2D eigenvalue weighted by molar-refractivity contribution is 5.71. The van der Waals surface area contributed by atoms with Crippen molar-refractivity contribution in [3.05, 3.63) is 71.0 Å². The van der Waals surface area contributed by atoms with E-state index in [2.05, 4.69) is 120 Å². The first-order valence-electron chi connectivity index (χ1n) is 11.4. The van der Waals surface area contributed by atoms with Crippen LogP contribution >= 0.6 is 0 Å². The monoisotopic (exact) mass is 401 g/mol. The van der Waals surface area contributed by atoms with Crippen molar-refractivity contribution in [3.8, 4) is 16.8 Å². The quantitative estimate of drug-likeness (QED) is 0.417. The zero-order chi connectivity index (χ0) is 22.0. The van der Waals surface area contributed by atoms with Gasteiger partial charge in [-0.05, 0) is 46.1 Å². The lowest BCUT2D eigenvalue weighted by Crippen LogP contribution is -2.59. The maximum Gasteiger partial charge on any atom is 0.243 e. The van der Waals surface area contributed by atoms with Crippen LogP contribution in [0.5, 0.6) is 0 Å². The lowest BCUT2D eigenvalue weighted by Gasteiger charge is -2.43. The maximum atomic E-state index is 2.58. The van der Waals surface area contributed by atoms with Gasteiger partial charge in [0.25, 0.3) is 0 Å². The number of benzene rings is 2. The zero-order valence-corrected chi connectivity index (χ0v) is 20.2. The van der Waals surface area contributed by atoms with Gasteiger partial charge in [-0.25, -0.2) is 0 Å². The van der Waals surface area contributed by atoms with Crippen molar-refractivity contribution < 1.29 is 4.68 Å². The van der Waals surface area contributed by atoms with Crippen molar-refractivity contribution in [3.63, 3.8) is 0 Å². The number of fused-ring (bicyclic) bond motifs is 3. The van der Waals surface area contributed by atoms with Gasteiger partial charge in [0.05, 0.1) is 22.7 Å². The van der Waals surface area contributed by atoms with E-state index in [1.54, 1.807) is 0 Å². The normalized spacial score (nSPS) is 16.6. The van der Waals surface area contributed by atoms with Crippen LogP contribution in [-0.2, 0) is 10.8 Å². The van der Waals surface area contributed by atoms with Crippen LogP contribution in [0.15, 0.2) is 48.5 Å². The predicted octanol–water partition coefficient (Wildman–Crippen LogP) is 7.01. The van der Waals surface area contributed by atoms with Crippen molar-refractivity contribution in [1.29, 1.82) is 0 Å². The molecule has 3 aromatic rings. The van der Waals surface area contributed by atoms with Crippen molar-refractivity contribution in [2.45, 2.75) is 85.1 Å². The summed E-state index contributed by atoms with van der Waals surface area (Å²) in [6.07, 6.45) is 0. The smallest absolute Gasteiger partial charge is 0.149 e. The van der Waals surface area contributed by atoms with Crippen LogP contribution in [0.4, 0.5) is 0 Å². The fourth-order valence-corrected chi connectivity index (χ4v) is 5.42. The predicted molar refractivity (Wildman–Crippen MR) is 127 cm³/mol. The first-order chi connectivity index (χ1) is 14.0. The van der Waals surface area contributed by atoms with Crippen molar-refractivity contribution in [1.82, 2.24) is 4.68 Å². The highest BCUT2D eigenvalue weighted by Crippen LogP contribution is 2.52. The van der Waals surface area contributed by atoms with E-state index in [1.807, 2.05) is 0 Å². The van der Waals surface area contributed by atoms with Crippen molar-refractivity contribution >= 4 is 0 Å². The highest BCUT2D eigenvalue weighted by Gasteiger charge is 2.56. The second kappa shape index (κ2) is 6.83. The Labute approximate surface area is 182 Å². The van der Waals surface area contributed by atoms with Gasteiger partial charge in [0.15, 0.2) is 0 Å². The summed E-state index contributed by atoms with van der Waals surface area (Å²) in [6, 6.07) is 18.3. The Morgan fingerprint density at radius 2 is 1.43 bits per heavy atom. The summed E-state index contributed by atoms with van der Waals surface area (Å²) in [5.74, 6) is 0.466. The van der Waals surface area contributed by atoms with Crippen molar-refractivity contribution in [2.75, 3.05) is 0 Å². The van der Waals surface area contributed by atoms with E-state index < -0.39 is 0 Å². The Kier molecular flexibility index (Phi) is 4.76. The Bertz CT molecular complexity index is 1100. The summed E-state index contributed by atoms with van der Waals surface area (Å²) in [4.78, 5) is 0. The third-order valence-corrected chi connectivity index (χ3v) is 7.65. The topological polar surface area (TPSA) is 8.81 Å². The third-order valence-electron chi connectivity index (χ3n) is 7.65. The summed E-state index contributed by atoms with van der Waals surface area (Å²) < 4.78 is 5.11. The molecule has 1 aliphatic heterocycles. The molecule has 1 aliphatic rings. The molecular weight excluding hydrogens is 364 g/mol. The summed E-state index contributed by atoms with van der Waals surface area (Å²) in [6.45, 7) is 21.3. The second-order valence-corrected chi connectivity index (χ2v) is 10.6. The molecule has 0 saturated carbocycles. The Hall–Kier alpha value is -2.35. The Morgan fingerprint density at radius 3 is 2.00 bits per heavy atom. The molecule has 2 heteroatoms. The number of nitrogens with zero attached hydrogens (tertiary/aromatic N) is 2. The van der Waals surface area contributed by atoms with Gasteiger partial charge in [0.2, 0.25) is 11.4 Å². The number of aromatic nitrogens is 2. The molecule has 4 rings (SSSR count). The summed E-state index contributed by atoms with van der Waals surface area (Å²) in [5, 5.41) is 0. The minimum absolute atomic E-state index is 0.00632. The Morgan fingerprint density at radius 1 is 0.800 bits per heavy atom. The SMILES string of the molecule is Cc1c(-c2ccccc2)c2[n+](n1C(C)C)-c1c(C(C)C)cccc1C(C)(C)C2(C)C. The van der Waals surface area contributed by atoms with Crippen LogP contribution in [0.25, 0.3) is 16.8 Å². The van der Waals surface area contributed by atoms with E-state index in [1.165, 1.54) is 39.3 Å². The molecule has 0 amide bonds. The summed E-state index contributed by atoms with van der Waals surface area (Å²) in [7, 11) is 0. The molecule has 0 fully saturated rings. The van der Waals surface area contributed by atoms with Crippen molar-refractivity contribution in [2.24, 2.45) is 0 Å². The van der Waals surface area contributed by atoms with Gasteiger partial charge in [0.1, 0.15) is 0 Å². The van der Waals surface area contributed by atoms with Crippen LogP contribution in [-0.4, -0.2) is 4.68 Å². The third kappa shape index (κ3) is 2.65. The molecule has 2 aromatic carbocycles. The van der Waals surface area contributed by atoms with Crippen LogP contribution in [0.3, 0.4) is 0 Å². The lowest BCUT2D eigenvalue weighted by atomic mass is 9.59. The molecule has 0 unspecified atom stereocenters. The molecular formula is C28H37N2+. The molecule has 0 saturated heterocycles. The average molecular weight is 402 g/mol. The molecule has 0 N–H and O–H groups in total. The second-order valence-electron chi connectivity index (χ2n) is 10.6. The average Bonchev–Trinajstić information content (AvgIpc) is 3.00. The van der Waals surface area contributed by atoms with E-state index in [-0.39, 0.29) is 10.8 Å². The molecule has 158 valence electrons. The van der Waals surface area contributed by atoms with E-state index in [0.717, 1.165) is 0 Å². The lowest BCUT2D eigenvalue weighted by molar-refractivity contribution is -0.702. The van der Waals surface area contributed by atoms with Gasteiger partial charge >= 0.3 is 0 Å². The minimum Gasteiger partial charge on any atom is -0.149 e. The van der Waals surface area contributed by atoms with E-state index in [9.17, 15) is 0 Å². The maximum absolute atomic E-state index is 2.58. The van der Waals surface area contributed by atoms with Gasteiger partial charge in [-0.15, -0.1) is 4.68 Å². The molecule has 0 radical (unpaired) electrons.